The van der Waals surface area contributed by atoms with Gasteiger partial charge < -0.3 is 9.84 Å². The predicted octanol–water partition coefficient (Wildman–Crippen LogP) is 1.12. The Balaban J connectivity index is 2.61. The summed E-state index contributed by atoms with van der Waals surface area (Å²) in [5, 5.41) is 8.38. The van der Waals surface area contributed by atoms with Gasteiger partial charge in [0.2, 0.25) is 10.0 Å². The first kappa shape index (κ1) is 17.1. The van der Waals surface area contributed by atoms with Crippen LogP contribution in [-0.2, 0) is 19.6 Å². The first-order valence-corrected chi connectivity index (χ1v) is 7.92. The number of ether oxygens (including phenoxy) is 1. The Bertz CT molecular complexity index is 594. The van der Waals surface area contributed by atoms with Gasteiger partial charge in [0.25, 0.3) is 0 Å². The number of ketones is 1. The number of nitrogens with one attached hydrogen (secondary N) is 1. The zero-order valence-electron chi connectivity index (χ0n) is 11.5. The second-order valence-corrected chi connectivity index (χ2v) is 6.15. The summed E-state index contributed by atoms with van der Waals surface area (Å²) in [5.41, 5.74) is 0.685. The Morgan fingerprint density at radius 2 is 1.81 bits per heavy atom. The first-order chi connectivity index (χ1) is 9.84. The van der Waals surface area contributed by atoms with Crippen molar-refractivity contribution in [2.75, 3.05) is 23.7 Å². The molecule has 0 spiro atoms. The van der Waals surface area contributed by atoms with Crippen molar-refractivity contribution in [3.8, 4) is 0 Å². The molecule has 1 aromatic carbocycles. The third-order valence-corrected chi connectivity index (χ3v) is 3.90. The standard InChI is InChI=1S/C13H17NO6S/c1-2-7-21(18,19)14-11-5-3-10(4-6-11)12(15)8-20-9-13(16)17/h3-6,14H,2,7-9H2,1H3,(H,16,17). The molecule has 1 rings (SSSR count). The molecule has 2 N–H and O–H groups in total. The summed E-state index contributed by atoms with van der Waals surface area (Å²) in [4.78, 5) is 21.9. The Morgan fingerprint density at radius 1 is 1.19 bits per heavy atom. The summed E-state index contributed by atoms with van der Waals surface area (Å²) < 4.78 is 30.2. The van der Waals surface area contributed by atoms with Gasteiger partial charge in [0.05, 0.1) is 5.75 Å². The number of carbonyl (C=O) groups excluding carboxylic acids is 1. The number of sulfonamides is 1. The van der Waals surface area contributed by atoms with Crippen molar-refractivity contribution in [1.29, 1.82) is 0 Å². The summed E-state index contributed by atoms with van der Waals surface area (Å²) in [7, 11) is -3.37. The third kappa shape index (κ3) is 6.37. The molecule has 0 aromatic heterocycles. The first-order valence-electron chi connectivity index (χ1n) is 6.27. The van der Waals surface area contributed by atoms with Crippen LogP contribution in [0.5, 0.6) is 0 Å². The summed E-state index contributed by atoms with van der Waals surface area (Å²) in [6, 6.07) is 5.85. The summed E-state index contributed by atoms with van der Waals surface area (Å²) >= 11 is 0. The highest BCUT2D eigenvalue weighted by Gasteiger charge is 2.10. The molecule has 116 valence electrons. The SMILES string of the molecule is CCCS(=O)(=O)Nc1ccc(C(=O)COCC(=O)O)cc1. The number of benzene rings is 1. The number of carbonyl (C=O) groups is 2. The summed E-state index contributed by atoms with van der Waals surface area (Å²) in [6.07, 6.45) is 0.507. The average Bonchev–Trinajstić information content (AvgIpc) is 2.38. The Kier molecular flexibility index (Phi) is 6.32. The molecule has 0 fully saturated rings. The summed E-state index contributed by atoms with van der Waals surface area (Å²) in [6.45, 7) is 0.881. The Morgan fingerprint density at radius 3 is 2.33 bits per heavy atom. The van der Waals surface area contributed by atoms with Gasteiger partial charge in [-0.3, -0.25) is 9.52 Å². The van der Waals surface area contributed by atoms with Crippen LogP contribution < -0.4 is 4.72 Å². The quantitative estimate of drug-likeness (QED) is 0.661. The van der Waals surface area contributed by atoms with E-state index < -0.39 is 22.6 Å². The lowest BCUT2D eigenvalue weighted by Gasteiger charge is -2.07. The van der Waals surface area contributed by atoms with Crippen molar-refractivity contribution in [2.45, 2.75) is 13.3 Å². The highest BCUT2D eigenvalue weighted by Crippen LogP contribution is 2.12. The molecule has 0 amide bonds. The van der Waals surface area contributed by atoms with Crippen LogP contribution in [0.25, 0.3) is 0 Å². The minimum absolute atomic E-state index is 0.0245. The fourth-order valence-corrected chi connectivity index (χ4v) is 2.67. The Hall–Kier alpha value is -1.93. The van der Waals surface area contributed by atoms with E-state index in [1.807, 2.05) is 0 Å². The van der Waals surface area contributed by atoms with Crippen LogP contribution in [0.15, 0.2) is 24.3 Å². The van der Waals surface area contributed by atoms with Gasteiger partial charge in [0.15, 0.2) is 5.78 Å². The number of anilines is 1. The molecule has 0 aliphatic carbocycles. The molecule has 0 radical (unpaired) electrons. The van der Waals surface area contributed by atoms with Gasteiger partial charge in [0.1, 0.15) is 13.2 Å². The molecule has 0 bridgehead atoms. The van der Waals surface area contributed by atoms with E-state index in [1.165, 1.54) is 24.3 Å². The van der Waals surface area contributed by atoms with Gasteiger partial charge in [-0.05, 0) is 30.7 Å². The number of carboxylic acid groups (broad SMARTS) is 1. The number of hydrogen-bond acceptors (Lipinski definition) is 5. The van der Waals surface area contributed by atoms with E-state index in [-0.39, 0.29) is 18.1 Å². The van der Waals surface area contributed by atoms with Gasteiger partial charge in [-0.15, -0.1) is 0 Å². The van der Waals surface area contributed by atoms with Gasteiger partial charge in [-0.25, -0.2) is 13.2 Å². The van der Waals surface area contributed by atoms with Crippen LogP contribution in [0.2, 0.25) is 0 Å². The second-order valence-electron chi connectivity index (χ2n) is 4.31. The molecule has 0 unspecified atom stereocenters. The number of aliphatic carboxylic acids is 1. The van der Waals surface area contributed by atoms with Crippen molar-refractivity contribution in [2.24, 2.45) is 0 Å². The van der Waals surface area contributed by atoms with Gasteiger partial charge in [-0.2, -0.15) is 0 Å². The molecule has 0 atom stereocenters. The molecule has 0 heterocycles. The summed E-state index contributed by atoms with van der Waals surface area (Å²) in [5.74, 6) is -1.50. The lowest BCUT2D eigenvalue weighted by atomic mass is 10.1. The van der Waals surface area contributed by atoms with Crippen molar-refractivity contribution >= 4 is 27.5 Å². The smallest absolute Gasteiger partial charge is 0.329 e. The molecule has 0 saturated heterocycles. The highest BCUT2D eigenvalue weighted by molar-refractivity contribution is 7.92. The molecule has 7 nitrogen and oxygen atoms in total. The van der Waals surface area contributed by atoms with Crippen molar-refractivity contribution in [3.63, 3.8) is 0 Å². The maximum atomic E-state index is 11.7. The van der Waals surface area contributed by atoms with Gasteiger partial charge in [-0.1, -0.05) is 6.92 Å². The van der Waals surface area contributed by atoms with E-state index in [0.29, 0.717) is 17.7 Å². The van der Waals surface area contributed by atoms with E-state index in [0.717, 1.165) is 0 Å². The van der Waals surface area contributed by atoms with Crippen molar-refractivity contribution in [1.82, 2.24) is 0 Å². The van der Waals surface area contributed by atoms with Crippen LogP contribution in [0, 0.1) is 0 Å². The average molecular weight is 315 g/mol. The lowest BCUT2D eigenvalue weighted by molar-refractivity contribution is -0.141. The Labute approximate surface area is 123 Å². The fourth-order valence-electron chi connectivity index (χ4n) is 1.54. The number of Topliss-reactive ketones (excluding diaryl/α,β-unsaturated/α-hetero) is 1. The van der Waals surface area contributed by atoms with Crippen molar-refractivity contribution < 1.29 is 27.9 Å². The molecule has 0 aliphatic heterocycles. The number of rotatable bonds is 9. The zero-order chi connectivity index (χ0) is 15.9. The lowest BCUT2D eigenvalue weighted by Crippen LogP contribution is -2.16. The molecular weight excluding hydrogens is 298 g/mol. The van der Waals surface area contributed by atoms with Crippen molar-refractivity contribution in [3.05, 3.63) is 29.8 Å². The number of carboxylic acids is 1. The van der Waals surface area contributed by atoms with Crippen LogP contribution in [0.4, 0.5) is 5.69 Å². The molecule has 8 heteroatoms. The van der Waals surface area contributed by atoms with E-state index in [2.05, 4.69) is 4.72 Å². The minimum Gasteiger partial charge on any atom is -0.480 e. The van der Waals surface area contributed by atoms with Gasteiger partial charge >= 0.3 is 5.97 Å². The monoisotopic (exact) mass is 315 g/mol. The second kappa shape index (κ2) is 7.75. The van der Waals surface area contributed by atoms with E-state index in [9.17, 15) is 18.0 Å². The fraction of sp³-hybridized carbons (Fsp3) is 0.385. The number of hydrogen-bond donors (Lipinski definition) is 2. The van der Waals surface area contributed by atoms with E-state index in [4.69, 9.17) is 9.84 Å². The highest BCUT2D eigenvalue weighted by atomic mass is 32.2. The van der Waals surface area contributed by atoms with Gasteiger partial charge in [0, 0.05) is 11.3 Å². The zero-order valence-corrected chi connectivity index (χ0v) is 12.4. The molecule has 1 aromatic rings. The topological polar surface area (TPSA) is 110 Å². The molecule has 0 saturated carbocycles. The predicted molar refractivity (Wildman–Crippen MR) is 76.9 cm³/mol. The van der Waals surface area contributed by atoms with E-state index in [1.54, 1.807) is 6.92 Å². The minimum atomic E-state index is -3.37. The maximum absolute atomic E-state index is 11.7. The normalized spacial score (nSPS) is 11.1. The molecular formula is C13H17NO6S. The van der Waals surface area contributed by atoms with Crippen LogP contribution in [-0.4, -0.2) is 44.2 Å². The molecule has 0 aliphatic rings. The van der Waals surface area contributed by atoms with Crippen LogP contribution >= 0.6 is 0 Å². The largest absolute Gasteiger partial charge is 0.480 e. The van der Waals surface area contributed by atoms with Crippen LogP contribution in [0.1, 0.15) is 23.7 Å². The van der Waals surface area contributed by atoms with E-state index >= 15 is 0 Å². The maximum Gasteiger partial charge on any atom is 0.329 e. The van der Waals surface area contributed by atoms with Crippen LogP contribution in [0.3, 0.4) is 0 Å². The third-order valence-electron chi connectivity index (χ3n) is 2.41. The molecule has 21 heavy (non-hydrogen) atoms.